The molecule has 0 fully saturated rings. The van der Waals surface area contributed by atoms with Crippen molar-refractivity contribution in [3.8, 4) is 0 Å². The second-order valence-corrected chi connectivity index (χ2v) is 4.45. The molecule has 0 saturated carbocycles. The quantitative estimate of drug-likeness (QED) is 0.546. The number of rotatable bonds is 0. The molecule has 4 N–H and O–H groups in total. The van der Waals surface area contributed by atoms with Crippen molar-refractivity contribution in [2.75, 3.05) is 0 Å². The van der Waals surface area contributed by atoms with Crippen LogP contribution in [0.5, 0.6) is 0 Å². The zero-order chi connectivity index (χ0) is 15.4. The van der Waals surface area contributed by atoms with E-state index in [4.69, 9.17) is 23.2 Å². The molecule has 2 heterocycles. The van der Waals surface area contributed by atoms with Crippen molar-refractivity contribution in [3.05, 3.63) is 63.1 Å². The number of aryl methyl sites for hydroxylation is 2. The molecule has 8 nitrogen and oxygen atoms in total. The van der Waals surface area contributed by atoms with Crippen LogP contribution in [0, 0.1) is 13.8 Å². The van der Waals surface area contributed by atoms with Gasteiger partial charge in [-0.2, -0.15) is 0 Å². The van der Waals surface area contributed by atoms with Crippen LogP contribution >= 0.6 is 23.2 Å². The van der Waals surface area contributed by atoms with Crippen molar-refractivity contribution in [2.24, 2.45) is 0 Å². The fourth-order valence-electron chi connectivity index (χ4n) is 1.17. The van der Waals surface area contributed by atoms with Gasteiger partial charge in [0, 0.05) is 11.4 Å². The van der Waals surface area contributed by atoms with Gasteiger partial charge in [0.1, 0.15) is 10.0 Å². The molecule has 10 heteroatoms. The molecule has 0 amide bonds. The number of hydrogen-bond acceptors (Lipinski definition) is 4. The first-order chi connectivity index (χ1) is 9.22. The Morgan fingerprint density at radius 2 is 0.950 bits per heavy atom. The molecule has 2 rings (SSSR count). The fraction of sp³-hybridized carbons (Fsp3) is 0.200. The number of hydrogen-bond donors (Lipinski definition) is 4. The Morgan fingerprint density at radius 3 is 1.20 bits per heavy atom. The zero-order valence-electron chi connectivity index (χ0n) is 10.4. The van der Waals surface area contributed by atoms with Crippen LogP contribution in [0.4, 0.5) is 0 Å². The average molecular weight is 321 g/mol. The van der Waals surface area contributed by atoms with Gasteiger partial charge in [0.15, 0.2) is 0 Å². The van der Waals surface area contributed by atoms with Gasteiger partial charge in [0.05, 0.1) is 0 Å². The normalized spacial score (nSPS) is 9.80. The first-order valence-electron chi connectivity index (χ1n) is 5.19. The van der Waals surface area contributed by atoms with Crippen LogP contribution in [0.15, 0.2) is 19.2 Å². The first kappa shape index (κ1) is 16.0. The summed E-state index contributed by atoms with van der Waals surface area (Å²) < 4.78 is 0. The van der Waals surface area contributed by atoms with Gasteiger partial charge in [-0.05, 0) is 13.8 Å². The molecule has 0 spiro atoms. The van der Waals surface area contributed by atoms with Crippen LogP contribution in [0.25, 0.3) is 0 Å². The SMILES string of the molecule is Cc1[nH]c(=O)[nH]c(=O)c1Cl.Cc1[nH]c(=O)[nH]c(=O)c1Cl. The van der Waals surface area contributed by atoms with Crippen LogP contribution in [0.1, 0.15) is 11.4 Å². The molecule has 0 aromatic carbocycles. The Morgan fingerprint density at radius 1 is 0.650 bits per heavy atom. The van der Waals surface area contributed by atoms with Crippen LogP contribution in [-0.4, -0.2) is 19.9 Å². The lowest BCUT2D eigenvalue weighted by atomic mass is 10.4. The molecule has 0 atom stereocenters. The molecular formula is C10H10Cl2N4O4. The topological polar surface area (TPSA) is 131 Å². The number of halogens is 2. The highest BCUT2D eigenvalue weighted by Crippen LogP contribution is 2.01. The van der Waals surface area contributed by atoms with Gasteiger partial charge in [0.2, 0.25) is 0 Å². The minimum absolute atomic E-state index is 0.0274. The molecule has 0 aliphatic heterocycles. The largest absolute Gasteiger partial charge is 0.325 e. The van der Waals surface area contributed by atoms with E-state index in [2.05, 4.69) is 9.97 Å². The Balaban J connectivity index is 0.000000200. The Bertz CT molecular complexity index is 774. The maximum absolute atomic E-state index is 10.7. The van der Waals surface area contributed by atoms with Gasteiger partial charge in [0.25, 0.3) is 11.1 Å². The van der Waals surface area contributed by atoms with Crippen LogP contribution in [0.2, 0.25) is 10.0 Å². The van der Waals surface area contributed by atoms with Gasteiger partial charge in [-0.15, -0.1) is 0 Å². The van der Waals surface area contributed by atoms with Gasteiger partial charge < -0.3 is 9.97 Å². The van der Waals surface area contributed by atoms with E-state index in [1.165, 1.54) is 0 Å². The molecule has 2 aromatic heterocycles. The lowest BCUT2D eigenvalue weighted by Gasteiger charge is -1.91. The monoisotopic (exact) mass is 320 g/mol. The molecule has 0 unspecified atom stereocenters. The van der Waals surface area contributed by atoms with Crippen molar-refractivity contribution >= 4 is 23.2 Å². The highest BCUT2D eigenvalue weighted by molar-refractivity contribution is 6.31. The molecule has 0 saturated heterocycles. The van der Waals surface area contributed by atoms with E-state index < -0.39 is 22.5 Å². The maximum Gasteiger partial charge on any atom is 0.325 e. The van der Waals surface area contributed by atoms with E-state index in [-0.39, 0.29) is 10.0 Å². The van der Waals surface area contributed by atoms with Crippen LogP contribution in [-0.2, 0) is 0 Å². The zero-order valence-corrected chi connectivity index (χ0v) is 11.9. The Kier molecular flexibility index (Phi) is 5.12. The van der Waals surface area contributed by atoms with Gasteiger partial charge in [-0.1, -0.05) is 23.2 Å². The standard InChI is InChI=1S/2C5H5ClN2O2/c2*1-2-3(6)4(9)8-5(10)7-2/h2*1H3,(H2,7,8,9,10). The molecule has 2 aromatic rings. The van der Waals surface area contributed by atoms with E-state index in [0.29, 0.717) is 11.4 Å². The number of aromatic nitrogens is 4. The van der Waals surface area contributed by atoms with Crippen molar-refractivity contribution in [1.82, 2.24) is 19.9 Å². The lowest BCUT2D eigenvalue weighted by Crippen LogP contribution is -2.23. The summed E-state index contributed by atoms with van der Waals surface area (Å²) in [6, 6.07) is 0. The van der Waals surface area contributed by atoms with Gasteiger partial charge in [-0.3, -0.25) is 19.6 Å². The first-order valence-corrected chi connectivity index (χ1v) is 5.95. The summed E-state index contributed by atoms with van der Waals surface area (Å²) in [5.41, 5.74) is -1.41. The fourth-order valence-corrected chi connectivity index (χ4v) is 1.36. The molecule has 20 heavy (non-hydrogen) atoms. The second kappa shape index (κ2) is 6.40. The van der Waals surface area contributed by atoms with Crippen LogP contribution in [0.3, 0.4) is 0 Å². The smallest absolute Gasteiger partial charge is 0.310 e. The number of H-pyrrole nitrogens is 4. The third kappa shape index (κ3) is 3.97. The van der Waals surface area contributed by atoms with Gasteiger partial charge >= 0.3 is 11.4 Å². The summed E-state index contributed by atoms with van der Waals surface area (Å²) in [5, 5.41) is 0.0548. The molecule has 0 aliphatic rings. The summed E-state index contributed by atoms with van der Waals surface area (Å²) in [5.74, 6) is 0. The van der Waals surface area contributed by atoms with Crippen molar-refractivity contribution in [1.29, 1.82) is 0 Å². The van der Waals surface area contributed by atoms with E-state index in [1.807, 2.05) is 9.97 Å². The Hall–Kier alpha value is -2.06. The second-order valence-electron chi connectivity index (χ2n) is 3.69. The Labute approximate surface area is 120 Å². The number of nitrogens with one attached hydrogen (secondary N) is 4. The molecular weight excluding hydrogens is 311 g/mol. The summed E-state index contributed by atoms with van der Waals surface area (Å²) in [6.45, 7) is 3.11. The summed E-state index contributed by atoms with van der Waals surface area (Å²) in [7, 11) is 0. The summed E-state index contributed by atoms with van der Waals surface area (Å²) in [6.07, 6.45) is 0. The molecule has 0 bridgehead atoms. The minimum Gasteiger partial charge on any atom is -0.310 e. The predicted octanol–water partition coefficient (Wildman–Crippen LogP) is 0.0500. The minimum atomic E-state index is -0.553. The van der Waals surface area contributed by atoms with E-state index in [1.54, 1.807) is 13.8 Å². The maximum atomic E-state index is 10.7. The average Bonchev–Trinajstić information content (AvgIpc) is 2.33. The molecule has 108 valence electrons. The summed E-state index contributed by atoms with van der Waals surface area (Å²) >= 11 is 10.9. The van der Waals surface area contributed by atoms with Crippen LogP contribution < -0.4 is 22.5 Å². The van der Waals surface area contributed by atoms with E-state index in [0.717, 1.165) is 0 Å². The predicted molar refractivity (Wildman–Crippen MR) is 74.9 cm³/mol. The lowest BCUT2D eigenvalue weighted by molar-refractivity contribution is 0.994. The highest BCUT2D eigenvalue weighted by Gasteiger charge is 2.00. The van der Waals surface area contributed by atoms with E-state index >= 15 is 0 Å². The number of aromatic amines is 4. The van der Waals surface area contributed by atoms with Crippen molar-refractivity contribution < 1.29 is 0 Å². The van der Waals surface area contributed by atoms with Gasteiger partial charge in [-0.25, -0.2) is 9.59 Å². The van der Waals surface area contributed by atoms with E-state index in [9.17, 15) is 19.2 Å². The molecule has 0 aliphatic carbocycles. The third-order valence-corrected chi connectivity index (χ3v) is 3.02. The highest BCUT2D eigenvalue weighted by atomic mass is 35.5. The third-order valence-electron chi connectivity index (χ3n) is 2.11. The summed E-state index contributed by atoms with van der Waals surface area (Å²) in [4.78, 5) is 50.9. The molecule has 0 radical (unpaired) electrons. The van der Waals surface area contributed by atoms with Crippen molar-refractivity contribution in [2.45, 2.75) is 13.8 Å². The van der Waals surface area contributed by atoms with Crippen molar-refractivity contribution in [3.63, 3.8) is 0 Å².